The average Bonchev–Trinajstić information content (AvgIpc) is 3.36. The van der Waals surface area contributed by atoms with Gasteiger partial charge in [-0.05, 0) is 92.8 Å². The summed E-state index contributed by atoms with van der Waals surface area (Å²) in [6, 6.07) is 0. The third kappa shape index (κ3) is 4.67. The highest BCUT2D eigenvalue weighted by atomic mass is 14.6. The van der Waals surface area contributed by atoms with Gasteiger partial charge in [-0.15, -0.1) is 6.58 Å². The van der Waals surface area contributed by atoms with E-state index in [9.17, 15) is 0 Å². The molecule has 0 aromatic heterocycles. The maximum absolute atomic E-state index is 4.04. The van der Waals surface area contributed by atoms with E-state index in [1.54, 1.807) is 44.9 Å². The van der Waals surface area contributed by atoms with Gasteiger partial charge in [-0.25, -0.2) is 0 Å². The lowest BCUT2D eigenvalue weighted by atomic mass is 9.56. The zero-order chi connectivity index (χ0) is 19.1. The molecule has 3 saturated carbocycles. The predicted octanol–water partition coefficient (Wildman–Crippen LogP) is 8.95. The molecule has 3 aliphatic rings. The van der Waals surface area contributed by atoms with E-state index < -0.39 is 0 Å². The molecular formula is C27H48. The molecule has 0 radical (unpaired) electrons. The maximum atomic E-state index is 4.04. The summed E-state index contributed by atoms with van der Waals surface area (Å²) in [6.45, 7) is 8.88. The lowest BCUT2D eigenvalue weighted by molar-refractivity contribution is 0.00639. The van der Waals surface area contributed by atoms with Gasteiger partial charge in [0.25, 0.3) is 0 Å². The Bertz CT molecular complexity index is 421. The minimum atomic E-state index is 0.700. The van der Waals surface area contributed by atoms with E-state index in [1.807, 2.05) is 0 Å². The Morgan fingerprint density at radius 1 is 0.852 bits per heavy atom. The molecule has 0 amide bonds. The second kappa shape index (κ2) is 10.5. The second-order valence-electron chi connectivity index (χ2n) is 10.5. The van der Waals surface area contributed by atoms with Gasteiger partial charge >= 0.3 is 0 Å². The van der Waals surface area contributed by atoms with Crippen molar-refractivity contribution in [2.24, 2.45) is 35.0 Å². The molecule has 0 aliphatic heterocycles. The van der Waals surface area contributed by atoms with E-state index in [0.29, 0.717) is 5.41 Å². The lowest BCUT2D eigenvalue weighted by Crippen LogP contribution is -2.40. The SMILES string of the molecule is C=CCCC1CC(C(CCCC)(CCCC)C2CCCC2)C2CCCCC12. The standard InChI is InChI=1S/C27H48/c1-4-7-14-22-21-26(25-18-13-12-17-24(22)25)27(19-8-5-2,20-9-6-3)23-15-10-11-16-23/h4,22-26H,1,5-21H2,2-3H3. The van der Waals surface area contributed by atoms with Gasteiger partial charge in [-0.3, -0.25) is 0 Å². The molecule has 0 heterocycles. The molecule has 0 saturated heterocycles. The third-order valence-corrected chi connectivity index (χ3v) is 9.19. The fourth-order valence-corrected chi connectivity index (χ4v) is 7.99. The van der Waals surface area contributed by atoms with Crippen molar-refractivity contribution >= 4 is 0 Å². The van der Waals surface area contributed by atoms with Gasteiger partial charge in [0.05, 0.1) is 0 Å². The molecule has 3 rings (SSSR count). The Kier molecular flexibility index (Phi) is 8.34. The van der Waals surface area contributed by atoms with Crippen molar-refractivity contribution in [3.63, 3.8) is 0 Å². The van der Waals surface area contributed by atoms with Crippen LogP contribution in [-0.4, -0.2) is 0 Å². The quantitative estimate of drug-likeness (QED) is 0.317. The molecule has 4 atom stereocenters. The van der Waals surface area contributed by atoms with Crippen molar-refractivity contribution < 1.29 is 0 Å². The fourth-order valence-electron chi connectivity index (χ4n) is 7.99. The van der Waals surface area contributed by atoms with Gasteiger partial charge < -0.3 is 0 Å². The van der Waals surface area contributed by atoms with Gasteiger partial charge in [-0.2, -0.15) is 0 Å². The van der Waals surface area contributed by atoms with Crippen LogP contribution in [0.1, 0.15) is 123 Å². The molecule has 27 heavy (non-hydrogen) atoms. The van der Waals surface area contributed by atoms with Crippen LogP contribution < -0.4 is 0 Å². The monoisotopic (exact) mass is 372 g/mol. The van der Waals surface area contributed by atoms with E-state index in [2.05, 4.69) is 26.5 Å². The summed E-state index contributed by atoms with van der Waals surface area (Å²) in [5.74, 6) is 5.26. The first-order valence-corrected chi connectivity index (χ1v) is 12.9. The Hall–Kier alpha value is -0.260. The van der Waals surface area contributed by atoms with Crippen LogP contribution in [0.3, 0.4) is 0 Å². The molecule has 3 fully saturated rings. The second-order valence-corrected chi connectivity index (χ2v) is 10.5. The largest absolute Gasteiger partial charge is 0.103 e. The predicted molar refractivity (Wildman–Crippen MR) is 120 cm³/mol. The van der Waals surface area contributed by atoms with Crippen molar-refractivity contribution in [3.8, 4) is 0 Å². The number of unbranched alkanes of at least 4 members (excludes halogenated alkanes) is 2. The van der Waals surface area contributed by atoms with Crippen LogP contribution in [0.5, 0.6) is 0 Å². The molecule has 0 spiro atoms. The zero-order valence-corrected chi connectivity index (χ0v) is 18.7. The van der Waals surface area contributed by atoms with Crippen LogP contribution in [0, 0.1) is 35.0 Å². The normalized spacial score (nSPS) is 31.9. The van der Waals surface area contributed by atoms with E-state index in [-0.39, 0.29) is 0 Å². The molecule has 0 aromatic rings. The summed E-state index contributed by atoms with van der Waals surface area (Å²) in [5, 5.41) is 0. The van der Waals surface area contributed by atoms with Crippen molar-refractivity contribution in [2.75, 3.05) is 0 Å². The first kappa shape index (κ1) is 21.4. The van der Waals surface area contributed by atoms with Crippen LogP contribution >= 0.6 is 0 Å². The molecule has 0 N–H and O–H groups in total. The summed E-state index contributed by atoms with van der Waals surface area (Å²) in [5.41, 5.74) is 0.700. The van der Waals surface area contributed by atoms with Crippen molar-refractivity contribution in [2.45, 2.75) is 123 Å². The molecule has 4 unspecified atom stereocenters. The van der Waals surface area contributed by atoms with E-state index in [0.717, 1.165) is 29.6 Å². The number of fused-ring (bicyclic) bond motifs is 1. The van der Waals surface area contributed by atoms with Crippen LogP contribution in [-0.2, 0) is 0 Å². The summed E-state index contributed by atoms with van der Waals surface area (Å²) in [7, 11) is 0. The number of hydrogen-bond donors (Lipinski definition) is 0. The van der Waals surface area contributed by atoms with Crippen LogP contribution in [0.4, 0.5) is 0 Å². The molecule has 3 aliphatic carbocycles. The summed E-state index contributed by atoms with van der Waals surface area (Å²) < 4.78 is 0. The van der Waals surface area contributed by atoms with Gasteiger partial charge in [0, 0.05) is 0 Å². The summed E-state index contributed by atoms with van der Waals surface area (Å²) in [6.07, 6.45) is 27.6. The van der Waals surface area contributed by atoms with Crippen molar-refractivity contribution in [1.82, 2.24) is 0 Å². The maximum Gasteiger partial charge on any atom is -0.0238 e. The van der Waals surface area contributed by atoms with Crippen LogP contribution in [0.25, 0.3) is 0 Å². The lowest BCUT2D eigenvalue weighted by Gasteiger charge is -2.49. The fraction of sp³-hybridized carbons (Fsp3) is 0.926. The van der Waals surface area contributed by atoms with Crippen LogP contribution in [0.15, 0.2) is 12.7 Å². The average molecular weight is 373 g/mol. The first-order valence-electron chi connectivity index (χ1n) is 12.9. The van der Waals surface area contributed by atoms with Crippen molar-refractivity contribution in [3.05, 3.63) is 12.7 Å². The van der Waals surface area contributed by atoms with E-state index >= 15 is 0 Å². The Morgan fingerprint density at radius 2 is 1.44 bits per heavy atom. The highest BCUT2D eigenvalue weighted by molar-refractivity contribution is 5.04. The molecule has 0 heteroatoms. The van der Waals surface area contributed by atoms with E-state index in [4.69, 9.17) is 0 Å². The van der Waals surface area contributed by atoms with Gasteiger partial charge in [0.15, 0.2) is 0 Å². The first-order chi connectivity index (χ1) is 13.3. The minimum absolute atomic E-state index is 0.700. The highest BCUT2D eigenvalue weighted by Gasteiger charge is 2.54. The van der Waals surface area contributed by atoms with Crippen molar-refractivity contribution in [1.29, 1.82) is 0 Å². The topological polar surface area (TPSA) is 0 Å². The zero-order valence-electron chi connectivity index (χ0n) is 18.7. The Labute approximate surface area is 171 Å². The van der Waals surface area contributed by atoms with Gasteiger partial charge in [-0.1, -0.05) is 71.3 Å². The number of hydrogen-bond acceptors (Lipinski definition) is 0. The molecule has 0 aromatic carbocycles. The number of rotatable bonds is 11. The summed E-state index contributed by atoms with van der Waals surface area (Å²) in [4.78, 5) is 0. The molecule has 0 bridgehead atoms. The molecule has 0 nitrogen and oxygen atoms in total. The Balaban J connectivity index is 1.89. The van der Waals surface area contributed by atoms with Gasteiger partial charge in [0.2, 0.25) is 0 Å². The molecule has 156 valence electrons. The Morgan fingerprint density at radius 3 is 2.04 bits per heavy atom. The molecular weight excluding hydrogens is 324 g/mol. The smallest absolute Gasteiger partial charge is 0.0238 e. The highest BCUT2D eigenvalue weighted by Crippen LogP contribution is 2.63. The number of allylic oxidation sites excluding steroid dienone is 1. The van der Waals surface area contributed by atoms with E-state index in [1.165, 1.54) is 64.2 Å². The minimum Gasteiger partial charge on any atom is -0.103 e. The summed E-state index contributed by atoms with van der Waals surface area (Å²) >= 11 is 0. The van der Waals surface area contributed by atoms with Gasteiger partial charge in [0.1, 0.15) is 0 Å². The van der Waals surface area contributed by atoms with Crippen LogP contribution in [0.2, 0.25) is 0 Å². The third-order valence-electron chi connectivity index (χ3n) is 9.19.